The molecule has 0 spiro atoms. The van der Waals surface area contributed by atoms with Crippen molar-refractivity contribution < 1.29 is 32.7 Å². The number of carboxylic acid groups (broad SMARTS) is 1. The van der Waals surface area contributed by atoms with Crippen molar-refractivity contribution in [2.45, 2.75) is 25.9 Å². The molecule has 0 radical (unpaired) electrons. The molecule has 0 aliphatic carbocycles. The summed E-state index contributed by atoms with van der Waals surface area (Å²) in [5.41, 5.74) is 1.75. The number of rotatable bonds is 8. The molecule has 0 heterocycles. The van der Waals surface area contributed by atoms with Crippen molar-refractivity contribution in [3.63, 3.8) is 0 Å². The molecule has 0 saturated heterocycles. The summed E-state index contributed by atoms with van der Waals surface area (Å²) in [6, 6.07) is 7.23. The first-order valence-corrected chi connectivity index (χ1v) is 7.45. The number of carboxylic acids is 1. The lowest BCUT2D eigenvalue weighted by Crippen LogP contribution is -2.39. The molecule has 138 valence electrons. The Morgan fingerprint density at radius 1 is 1.16 bits per heavy atom. The fourth-order valence-corrected chi connectivity index (χ4v) is 2.08. The third-order valence-corrected chi connectivity index (χ3v) is 3.27. The summed E-state index contributed by atoms with van der Waals surface area (Å²) in [6.07, 6.45) is -5.18. The smallest absolute Gasteiger partial charge is 0.405 e. The van der Waals surface area contributed by atoms with Crippen LogP contribution in [0.15, 0.2) is 24.3 Å². The minimum absolute atomic E-state index is 0.178. The Morgan fingerprint density at radius 3 is 2.36 bits per heavy atom. The molecule has 1 unspecified atom stereocenters. The quantitative estimate of drug-likeness (QED) is 0.611. The van der Waals surface area contributed by atoms with Crippen molar-refractivity contribution >= 4 is 17.8 Å². The van der Waals surface area contributed by atoms with Gasteiger partial charge in [0.05, 0.1) is 5.92 Å². The number of hydrogen-bond acceptors (Lipinski definition) is 3. The van der Waals surface area contributed by atoms with E-state index in [-0.39, 0.29) is 13.0 Å². The van der Waals surface area contributed by atoms with Gasteiger partial charge in [0, 0.05) is 6.54 Å². The van der Waals surface area contributed by atoms with Crippen LogP contribution < -0.4 is 10.6 Å². The van der Waals surface area contributed by atoms with Gasteiger partial charge in [-0.15, -0.1) is 0 Å². The number of carbonyl (C=O) groups excluding carboxylic acids is 2. The van der Waals surface area contributed by atoms with Crippen LogP contribution in [0.1, 0.15) is 17.5 Å². The fraction of sp³-hybridized carbons (Fsp3) is 0.438. The van der Waals surface area contributed by atoms with Crippen LogP contribution in [-0.2, 0) is 20.8 Å². The average molecular weight is 360 g/mol. The lowest BCUT2D eigenvalue weighted by Gasteiger charge is -2.14. The van der Waals surface area contributed by atoms with Crippen LogP contribution in [0.3, 0.4) is 0 Å². The first-order valence-electron chi connectivity index (χ1n) is 7.45. The highest BCUT2D eigenvalue weighted by Gasteiger charge is 2.28. The molecule has 1 rings (SSSR count). The molecule has 0 aliphatic rings. The second-order valence-corrected chi connectivity index (χ2v) is 5.60. The molecule has 0 aromatic heterocycles. The normalized spacial score (nSPS) is 12.3. The van der Waals surface area contributed by atoms with E-state index in [1.54, 1.807) is 17.4 Å². The zero-order valence-corrected chi connectivity index (χ0v) is 13.5. The molecule has 25 heavy (non-hydrogen) atoms. The molecule has 1 aromatic rings. The number of nitrogens with one attached hydrogen (secondary N) is 2. The number of benzene rings is 1. The topological polar surface area (TPSA) is 95.5 Å². The largest absolute Gasteiger partial charge is 0.481 e. The number of carbonyl (C=O) groups is 3. The maximum atomic E-state index is 12.0. The molecule has 0 bridgehead atoms. The van der Waals surface area contributed by atoms with Gasteiger partial charge in [-0.1, -0.05) is 29.8 Å². The predicted molar refractivity (Wildman–Crippen MR) is 82.7 cm³/mol. The van der Waals surface area contributed by atoms with Crippen LogP contribution >= 0.6 is 0 Å². The van der Waals surface area contributed by atoms with Gasteiger partial charge in [0.1, 0.15) is 13.0 Å². The van der Waals surface area contributed by atoms with Gasteiger partial charge < -0.3 is 15.7 Å². The number of amides is 2. The molecule has 0 fully saturated rings. The van der Waals surface area contributed by atoms with Crippen molar-refractivity contribution in [2.75, 3.05) is 13.1 Å². The number of alkyl halides is 3. The van der Waals surface area contributed by atoms with Crippen LogP contribution in [0.4, 0.5) is 13.2 Å². The Labute approximate surface area is 142 Å². The van der Waals surface area contributed by atoms with E-state index >= 15 is 0 Å². The van der Waals surface area contributed by atoms with E-state index in [0.717, 1.165) is 11.1 Å². The highest BCUT2D eigenvalue weighted by atomic mass is 19.4. The van der Waals surface area contributed by atoms with E-state index in [1.165, 1.54) is 0 Å². The summed E-state index contributed by atoms with van der Waals surface area (Å²) in [6.45, 7) is 0.111. The van der Waals surface area contributed by atoms with E-state index < -0.39 is 42.8 Å². The van der Waals surface area contributed by atoms with Gasteiger partial charge in [-0.25, -0.2) is 0 Å². The lowest BCUT2D eigenvalue weighted by molar-refractivity contribution is -0.142. The Hall–Kier alpha value is -2.58. The van der Waals surface area contributed by atoms with Crippen molar-refractivity contribution in [3.8, 4) is 0 Å². The van der Waals surface area contributed by atoms with Crippen molar-refractivity contribution in [2.24, 2.45) is 5.92 Å². The van der Waals surface area contributed by atoms with E-state index in [2.05, 4.69) is 5.32 Å². The van der Waals surface area contributed by atoms with E-state index in [9.17, 15) is 32.7 Å². The minimum atomic E-state index is -4.56. The first-order chi connectivity index (χ1) is 11.6. The standard InChI is InChI=1S/C16H19F3N2O4/c1-10-3-2-4-11(5-10)6-12(15(24)25)8-20-13(22)7-14(23)21-9-16(17,18)19/h2-5,12H,6-9H2,1H3,(H,20,22)(H,21,23)(H,24,25). The number of hydrogen-bond donors (Lipinski definition) is 3. The summed E-state index contributed by atoms with van der Waals surface area (Å²) < 4.78 is 35.9. The fourth-order valence-electron chi connectivity index (χ4n) is 2.08. The van der Waals surface area contributed by atoms with Crippen molar-refractivity contribution in [3.05, 3.63) is 35.4 Å². The molecule has 9 heteroatoms. The highest BCUT2D eigenvalue weighted by molar-refractivity contribution is 5.96. The molecule has 1 atom stereocenters. The first kappa shape index (κ1) is 20.5. The minimum Gasteiger partial charge on any atom is -0.481 e. The van der Waals surface area contributed by atoms with E-state index in [0.29, 0.717) is 0 Å². The monoisotopic (exact) mass is 360 g/mol. The van der Waals surface area contributed by atoms with Crippen LogP contribution in [0, 0.1) is 12.8 Å². The van der Waals surface area contributed by atoms with Crippen molar-refractivity contribution in [1.29, 1.82) is 0 Å². The maximum Gasteiger partial charge on any atom is 0.405 e. The van der Waals surface area contributed by atoms with E-state index in [4.69, 9.17) is 0 Å². The summed E-state index contributed by atoms with van der Waals surface area (Å²) in [5.74, 6) is -3.96. The maximum absolute atomic E-state index is 12.0. The molecule has 0 aliphatic heterocycles. The van der Waals surface area contributed by atoms with Crippen LogP contribution in [0.5, 0.6) is 0 Å². The van der Waals surface area contributed by atoms with Crippen molar-refractivity contribution in [1.82, 2.24) is 10.6 Å². The summed E-state index contributed by atoms with van der Waals surface area (Å²) in [5, 5.41) is 13.1. The second kappa shape index (κ2) is 9.05. The predicted octanol–water partition coefficient (Wildman–Crippen LogP) is 1.42. The Kier molecular flexibility index (Phi) is 7.41. The molecule has 2 amide bonds. The Balaban J connectivity index is 2.47. The Bertz CT molecular complexity index is 632. The van der Waals surface area contributed by atoms with Gasteiger partial charge in [0.15, 0.2) is 0 Å². The average Bonchev–Trinajstić information content (AvgIpc) is 2.48. The third-order valence-electron chi connectivity index (χ3n) is 3.27. The number of aryl methyl sites for hydroxylation is 1. The second-order valence-electron chi connectivity index (χ2n) is 5.60. The molecule has 6 nitrogen and oxygen atoms in total. The molecule has 3 N–H and O–H groups in total. The highest BCUT2D eigenvalue weighted by Crippen LogP contribution is 2.12. The van der Waals surface area contributed by atoms with Gasteiger partial charge >= 0.3 is 12.1 Å². The summed E-state index contributed by atoms with van der Waals surface area (Å²) in [4.78, 5) is 34.1. The van der Waals surface area contributed by atoms with Gasteiger partial charge in [-0.2, -0.15) is 13.2 Å². The van der Waals surface area contributed by atoms with E-state index in [1.807, 2.05) is 19.1 Å². The zero-order valence-electron chi connectivity index (χ0n) is 13.5. The lowest BCUT2D eigenvalue weighted by atomic mass is 9.98. The molecular weight excluding hydrogens is 341 g/mol. The van der Waals surface area contributed by atoms with Gasteiger partial charge in [-0.05, 0) is 18.9 Å². The SMILES string of the molecule is Cc1cccc(CC(CNC(=O)CC(=O)NCC(F)(F)F)C(=O)O)c1. The van der Waals surface area contributed by atoms with Crippen LogP contribution in [-0.4, -0.2) is 42.2 Å². The molecule has 1 aromatic carbocycles. The molecule has 0 saturated carbocycles. The molecular formula is C16H19F3N2O4. The zero-order chi connectivity index (χ0) is 19.0. The summed E-state index contributed by atoms with van der Waals surface area (Å²) in [7, 11) is 0. The van der Waals surface area contributed by atoms with Gasteiger partial charge in [-0.3, -0.25) is 14.4 Å². The Morgan fingerprint density at radius 2 is 1.80 bits per heavy atom. The number of halogens is 3. The number of aliphatic carboxylic acids is 1. The van der Waals surface area contributed by atoms with Crippen LogP contribution in [0.25, 0.3) is 0 Å². The summed E-state index contributed by atoms with van der Waals surface area (Å²) >= 11 is 0. The van der Waals surface area contributed by atoms with Gasteiger partial charge in [0.25, 0.3) is 0 Å². The third kappa shape index (κ3) is 8.73. The van der Waals surface area contributed by atoms with Crippen LogP contribution in [0.2, 0.25) is 0 Å². The van der Waals surface area contributed by atoms with Gasteiger partial charge in [0.2, 0.25) is 11.8 Å².